The maximum Gasteiger partial charge on any atom is 0.165 e. The third kappa shape index (κ3) is 2.38. The van der Waals surface area contributed by atoms with Crippen LogP contribution in [0.2, 0.25) is 0 Å². The minimum absolute atomic E-state index is 0.910. The molecule has 0 aliphatic carbocycles. The number of rotatable bonds is 1. The summed E-state index contributed by atoms with van der Waals surface area (Å²) < 4.78 is 4.79. The maximum atomic E-state index is 5.23. The Bertz CT molecular complexity index is 2640. The van der Waals surface area contributed by atoms with E-state index < -0.39 is 0 Å². The molecule has 0 unspecified atom stereocenters. The summed E-state index contributed by atoms with van der Waals surface area (Å²) >= 11 is 0. The van der Waals surface area contributed by atoms with Gasteiger partial charge in [-0.25, -0.2) is 9.97 Å². The molecule has 0 saturated carbocycles. The summed E-state index contributed by atoms with van der Waals surface area (Å²) in [5.74, 6) is 0. The van der Waals surface area contributed by atoms with Crippen molar-refractivity contribution in [2.45, 2.75) is 0 Å². The highest BCUT2D eigenvalue weighted by molar-refractivity contribution is 6.33. The lowest BCUT2D eigenvalue weighted by molar-refractivity contribution is 1.18. The van der Waals surface area contributed by atoms with Crippen molar-refractivity contribution in [1.29, 1.82) is 0 Å². The van der Waals surface area contributed by atoms with E-state index in [1.54, 1.807) is 0 Å². The normalized spacial score (nSPS) is 12.5. The zero-order chi connectivity index (χ0) is 25.9. The highest BCUT2D eigenvalue weighted by atomic mass is 15.0. The van der Waals surface area contributed by atoms with Gasteiger partial charge in [0.05, 0.1) is 33.1 Å². The van der Waals surface area contributed by atoms with Crippen LogP contribution in [0.5, 0.6) is 0 Å². The Kier molecular flexibility index (Phi) is 3.65. The lowest BCUT2D eigenvalue weighted by Crippen LogP contribution is -1.93. The molecule has 4 nitrogen and oxygen atoms in total. The molecule has 0 spiro atoms. The number of para-hydroxylation sites is 4. The first-order valence-corrected chi connectivity index (χ1v) is 13.6. The van der Waals surface area contributed by atoms with Crippen molar-refractivity contribution in [3.63, 3.8) is 0 Å². The van der Waals surface area contributed by atoms with Crippen LogP contribution in [0.4, 0.5) is 0 Å². The van der Waals surface area contributed by atoms with Gasteiger partial charge in [-0.1, -0.05) is 84.9 Å². The summed E-state index contributed by atoms with van der Waals surface area (Å²) in [6, 6.07) is 43.3. The second-order valence-electron chi connectivity index (χ2n) is 10.6. The molecule has 10 aromatic rings. The summed E-state index contributed by atoms with van der Waals surface area (Å²) in [5, 5.41) is 8.64. The van der Waals surface area contributed by atoms with Gasteiger partial charge in [-0.05, 0) is 47.2 Å². The van der Waals surface area contributed by atoms with Gasteiger partial charge in [0.1, 0.15) is 5.52 Å². The Hall–Kier alpha value is -5.48. The van der Waals surface area contributed by atoms with Crippen LogP contribution >= 0.6 is 0 Å². The fourth-order valence-electron chi connectivity index (χ4n) is 7.00. The Morgan fingerprint density at radius 1 is 0.450 bits per heavy atom. The van der Waals surface area contributed by atoms with Crippen LogP contribution in [-0.2, 0) is 0 Å². The largest absolute Gasteiger partial charge is 0.309 e. The smallest absolute Gasteiger partial charge is 0.165 e. The van der Waals surface area contributed by atoms with Gasteiger partial charge in [0.25, 0.3) is 0 Å². The molecule has 4 heterocycles. The number of hydrogen-bond acceptors (Lipinski definition) is 2. The van der Waals surface area contributed by atoms with Gasteiger partial charge in [-0.3, -0.25) is 4.40 Å². The molecule has 4 aromatic heterocycles. The second-order valence-corrected chi connectivity index (χ2v) is 10.6. The number of fused-ring (bicyclic) bond motifs is 13. The monoisotopic (exact) mass is 508 g/mol. The van der Waals surface area contributed by atoms with Crippen molar-refractivity contribution in [2.24, 2.45) is 0 Å². The van der Waals surface area contributed by atoms with E-state index in [1.165, 1.54) is 54.4 Å². The predicted octanol–water partition coefficient (Wildman–Crippen LogP) is 9.03. The first-order chi connectivity index (χ1) is 19.9. The minimum Gasteiger partial charge on any atom is -0.309 e. The van der Waals surface area contributed by atoms with Crippen LogP contribution in [0.25, 0.3) is 87.7 Å². The molecule has 0 aliphatic rings. The van der Waals surface area contributed by atoms with Crippen molar-refractivity contribution in [3.8, 4) is 5.69 Å². The molecule has 0 saturated heterocycles. The zero-order valence-electron chi connectivity index (χ0n) is 21.3. The van der Waals surface area contributed by atoms with Crippen LogP contribution in [0, 0.1) is 0 Å². The highest BCUT2D eigenvalue weighted by Gasteiger charge is 2.24. The van der Waals surface area contributed by atoms with Crippen molar-refractivity contribution in [3.05, 3.63) is 121 Å². The van der Waals surface area contributed by atoms with E-state index in [1.807, 2.05) is 18.2 Å². The lowest BCUT2D eigenvalue weighted by atomic mass is 10.0. The Morgan fingerprint density at radius 3 is 2.02 bits per heavy atom. The Balaban J connectivity index is 1.55. The molecule has 4 heteroatoms. The quantitative estimate of drug-likeness (QED) is 0.222. The average Bonchev–Trinajstić information content (AvgIpc) is 3.65. The summed E-state index contributed by atoms with van der Waals surface area (Å²) in [6.45, 7) is 0. The maximum absolute atomic E-state index is 5.23. The highest BCUT2D eigenvalue weighted by Crippen LogP contribution is 2.45. The van der Waals surface area contributed by atoms with E-state index in [9.17, 15) is 0 Å². The molecule has 10 rings (SSSR count). The van der Waals surface area contributed by atoms with Crippen LogP contribution in [0.3, 0.4) is 0 Å². The molecular formula is C36H20N4. The van der Waals surface area contributed by atoms with Crippen molar-refractivity contribution in [2.75, 3.05) is 0 Å². The first kappa shape index (κ1) is 20.5. The fraction of sp³-hybridized carbons (Fsp3) is 0. The van der Waals surface area contributed by atoms with E-state index in [0.717, 1.165) is 33.3 Å². The Labute approximate surface area is 227 Å². The van der Waals surface area contributed by atoms with Crippen molar-refractivity contribution in [1.82, 2.24) is 18.9 Å². The van der Waals surface area contributed by atoms with Gasteiger partial charge in [0.2, 0.25) is 0 Å². The summed E-state index contributed by atoms with van der Waals surface area (Å²) in [6.07, 6.45) is 0. The molecule has 0 bridgehead atoms. The van der Waals surface area contributed by atoms with E-state index in [0.29, 0.717) is 0 Å². The number of nitrogens with zero attached hydrogens (tertiary/aromatic N) is 4. The van der Waals surface area contributed by atoms with Gasteiger partial charge >= 0.3 is 0 Å². The first-order valence-electron chi connectivity index (χ1n) is 13.6. The molecule has 0 aliphatic heterocycles. The molecule has 0 amide bonds. The SMILES string of the molecule is c1ccc(-n2c3ccc4ccccc4c3c3c2ccc2c4cccc5c6nc7ccccc7nc6n(c45)c23)cc1. The van der Waals surface area contributed by atoms with Crippen molar-refractivity contribution >= 4 is 82.0 Å². The van der Waals surface area contributed by atoms with Crippen LogP contribution < -0.4 is 0 Å². The number of aromatic nitrogens is 4. The third-order valence-corrected chi connectivity index (χ3v) is 8.60. The molecule has 0 fully saturated rings. The third-order valence-electron chi connectivity index (χ3n) is 8.60. The van der Waals surface area contributed by atoms with Crippen LogP contribution in [0.15, 0.2) is 121 Å². The molecule has 184 valence electrons. The zero-order valence-corrected chi connectivity index (χ0v) is 21.3. The van der Waals surface area contributed by atoms with Crippen LogP contribution in [0.1, 0.15) is 0 Å². The topological polar surface area (TPSA) is 35.1 Å². The summed E-state index contributed by atoms with van der Waals surface area (Å²) in [7, 11) is 0. The lowest BCUT2D eigenvalue weighted by Gasteiger charge is -2.08. The predicted molar refractivity (Wildman–Crippen MR) is 166 cm³/mol. The Morgan fingerprint density at radius 2 is 1.12 bits per heavy atom. The molecule has 0 atom stereocenters. The summed E-state index contributed by atoms with van der Waals surface area (Å²) in [4.78, 5) is 10.4. The number of hydrogen-bond donors (Lipinski definition) is 0. The van der Waals surface area contributed by atoms with E-state index >= 15 is 0 Å². The van der Waals surface area contributed by atoms with E-state index in [2.05, 4.69) is 112 Å². The van der Waals surface area contributed by atoms with Crippen LogP contribution in [-0.4, -0.2) is 18.9 Å². The molecular weight excluding hydrogens is 488 g/mol. The van der Waals surface area contributed by atoms with Gasteiger partial charge in [-0.15, -0.1) is 0 Å². The van der Waals surface area contributed by atoms with Crippen molar-refractivity contribution < 1.29 is 0 Å². The van der Waals surface area contributed by atoms with Gasteiger partial charge in [0.15, 0.2) is 5.65 Å². The molecule has 6 aromatic carbocycles. The van der Waals surface area contributed by atoms with E-state index in [4.69, 9.17) is 9.97 Å². The van der Waals surface area contributed by atoms with Gasteiger partial charge < -0.3 is 4.57 Å². The standard InChI is InChI=1S/C36H20N4/c1-2-10-22(11-3-1)39-29-19-17-21-9-4-5-12-23(21)31(29)32-30(39)20-18-25-24-13-8-14-26-33-36(40(34(24)26)35(25)32)38-28-16-7-6-15-27(28)37-33/h1-20H. The molecule has 40 heavy (non-hydrogen) atoms. The minimum atomic E-state index is 0.910. The fourth-order valence-corrected chi connectivity index (χ4v) is 7.00. The molecule has 0 N–H and O–H groups in total. The van der Waals surface area contributed by atoms with E-state index in [-0.39, 0.29) is 0 Å². The average molecular weight is 509 g/mol. The number of benzene rings is 6. The second kappa shape index (κ2) is 7.13. The molecule has 0 radical (unpaired) electrons. The van der Waals surface area contributed by atoms with Gasteiger partial charge in [0, 0.05) is 32.6 Å². The summed E-state index contributed by atoms with van der Waals surface area (Å²) in [5.41, 5.74) is 9.62. The van der Waals surface area contributed by atoms with Gasteiger partial charge in [-0.2, -0.15) is 0 Å².